The van der Waals surface area contributed by atoms with Gasteiger partial charge in [-0.1, -0.05) is 0 Å². The van der Waals surface area contributed by atoms with Crippen LogP contribution in [0, 0.1) is 5.92 Å². The van der Waals surface area contributed by atoms with Gasteiger partial charge in [-0.25, -0.2) is 4.79 Å². The summed E-state index contributed by atoms with van der Waals surface area (Å²) < 4.78 is 9.30. The molecule has 1 amide bonds. The number of hydrogen-bond acceptors (Lipinski definition) is 6. The van der Waals surface area contributed by atoms with Crippen molar-refractivity contribution in [3.63, 3.8) is 0 Å². The summed E-state index contributed by atoms with van der Waals surface area (Å²) in [5.41, 5.74) is 0.339. The summed E-state index contributed by atoms with van der Waals surface area (Å²) in [6.45, 7) is 0.232. The molecule has 0 radical (unpaired) electrons. The van der Waals surface area contributed by atoms with Crippen molar-refractivity contribution in [2.45, 2.75) is 6.42 Å². The lowest BCUT2D eigenvalue weighted by molar-refractivity contribution is -0.145. The average molecular weight is 283 g/mol. The van der Waals surface area contributed by atoms with E-state index in [1.807, 2.05) is 0 Å². The number of thiophene rings is 1. The predicted molar refractivity (Wildman–Crippen MR) is 68.1 cm³/mol. The number of amides is 1. The number of carbonyl (C=O) groups is 3. The number of ether oxygens (including phenoxy) is 2. The highest BCUT2D eigenvalue weighted by molar-refractivity contribution is 7.14. The van der Waals surface area contributed by atoms with Crippen molar-refractivity contribution in [3.8, 4) is 0 Å². The molecule has 7 heteroatoms. The molecule has 0 bridgehead atoms. The number of carbonyl (C=O) groups excluding carboxylic acids is 3. The van der Waals surface area contributed by atoms with Crippen LogP contribution >= 0.6 is 11.3 Å². The lowest BCUT2D eigenvalue weighted by Gasteiger charge is -2.15. The van der Waals surface area contributed by atoms with Gasteiger partial charge in [-0.05, 0) is 11.4 Å². The van der Waals surface area contributed by atoms with Crippen LogP contribution in [0.15, 0.2) is 11.4 Å². The lowest BCUT2D eigenvalue weighted by Crippen LogP contribution is -2.26. The Balaban J connectivity index is 2.24. The molecule has 0 spiro atoms. The number of methoxy groups -OCH3 is 2. The van der Waals surface area contributed by atoms with E-state index in [1.54, 1.807) is 11.4 Å². The first-order valence-corrected chi connectivity index (χ1v) is 6.50. The summed E-state index contributed by atoms with van der Waals surface area (Å²) in [5.74, 6) is -1.58. The smallest absolute Gasteiger partial charge is 0.340 e. The molecule has 0 saturated carbocycles. The third-order valence-electron chi connectivity index (χ3n) is 2.95. The largest absolute Gasteiger partial charge is 0.469 e. The molecule has 1 aliphatic rings. The molecular weight excluding hydrogens is 270 g/mol. The molecule has 1 aromatic rings. The molecule has 1 saturated heterocycles. The summed E-state index contributed by atoms with van der Waals surface area (Å²) in [6.07, 6.45) is 0.102. The molecule has 19 heavy (non-hydrogen) atoms. The minimum absolute atomic E-state index is 0.102. The van der Waals surface area contributed by atoms with Crippen molar-refractivity contribution >= 4 is 34.2 Å². The third-order valence-corrected chi connectivity index (χ3v) is 3.89. The van der Waals surface area contributed by atoms with Crippen molar-refractivity contribution in [1.29, 1.82) is 0 Å². The first-order chi connectivity index (χ1) is 9.08. The number of esters is 2. The second kappa shape index (κ2) is 5.40. The number of anilines is 1. The number of rotatable bonds is 3. The summed E-state index contributed by atoms with van der Waals surface area (Å²) in [5, 5.41) is 2.23. The number of hydrogen-bond donors (Lipinski definition) is 0. The number of nitrogens with zero attached hydrogens (tertiary/aromatic N) is 1. The molecule has 1 atom stereocenters. The second-order valence-corrected chi connectivity index (χ2v) is 4.95. The Labute approximate surface area is 113 Å². The molecule has 1 fully saturated rings. The summed E-state index contributed by atoms with van der Waals surface area (Å²) >= 11 is 1.27. The van der Waals surface area contributed by atoms with Crippen LogP contribution in [0.4, 0.5) is 5.00 Å². The van der Waals surface area contributed by atoms with E-state index in [9.17, 15) is 14.4 Å². The minimum Gasteiger partial charge on any atom is -0.469 e. The van der Waals surface area contributed by atoms with Gasteiger partial charge in [-0.15, -0.1) is 11.3 Å². The van der Waals surface area contributed by atoms with Gasteiger partial charge in [0.05, 0.1) is 25.7 Å². The molecule has 0 aromatic carbocycles. The molecule has 0 N–H and O–H groups in total. The van der Waals surface area contributed by atoms with Crippen molar-refractivity contribution in [2.24, 2.45) is 5.92 Å². The predicted octanol–water partition coefficient (Wildman–Crippen LogP) is 1.06. The van der Waals surface area contributed by atoms with Crippen LogP contribution < -0.4 is 4.90 Å². The fourth-order valence-corrected chi connectivity index (χ4v) is 2.92. The van der Waals surface area contributed by atoms with Crippen LogP contribution in [0.2, 0.25) is 0 Å². The lowest BCUT2D eigenvalue weighted by atomic mass is 10.1. The Bertz CT molecular complexity index is 524. The van der Waals surface area contributed by atoms with Gasteiger partial charge in [0, 0.05) is 13.0 Å². The SMILES string of the molecule is COC(=O)c1ccsc1N1CC(C(=O)OC)CC1=O. The van der Waals surface area contributed by atoms with Crippen LogP contribution in [0.3, 0.4) is 0 Å². The zero-order chi connectivity index (χ0) is 14.0. The zero-order valence-electron chi connectivity index (χ0n) is 10.5. The third kappa shape index (κ3) is 2.46. The van der Waals surface area contributed by atoms with Crippen molar-refractivity contribution < 1.29 is 23.9 Å². The molecule has 1 aromatic heterocycles. The Morgan fingerprint density at radius 3 is 2.74 bits per heavy atom. The van der Waals surface area contributed by atoms with Gasteiger partial charge < -0.3 is 14.4 Å². The summed E-state index contributed by atoms with van der Waals surface area (Å²) in [6, 6.07) is 1.60. The highest BCUT2D eigenvalue weighted by Crippen LogP contribution is 2.33. The van der Waals surface area contributed by atoms with E-state index in [0.29, 0.717) is 10.6 Å². The maximum atomic E-state index is 11.9. The fraction of sp³-hybridized carbons (Fsp3) is 0.417. The van der Waals surface area contributed by atoms with Gasteiger partial charge in [0.15, 0.2) is 0 Å². The van der Waals surface area contributed by atoms with Crippen molar-refractivity contribution in [3.05, 3.63) is 17.0 Å². The Morgan fingerprint density at radius 1 is 1.37 bits per heavy atom. The van der Waals surface area contributed by atoms with E-state index in [-0.39, 0.29) is 18.9 Å². The maximum Gasteiger partial charge on any atom is 0.340 e. The van der Waals surface area contributed by atoms with Crippen molar-refractivity contribution in [2.75, 3.05) is 25.7 Å². The Morgan fingerprint density at radius 2 is 2.11 bits per heavy atom. The molecule has 2 rings (SSSR count). The minimum atomic E-state index is -0.495. The topological polar surface area (TPSA) is 72.9 Å². The van der Waals surface area contributed by atoms with Crippen LogP contribution in [-0.4, -0.2) is 38.6 Å². The van der Waals surface area contributed by atoms with E-state index in [0.717, 1.165) is 0 Å². The quantitative estimate of drug-likeness (QED) is 0.776. The molecule has 102 valence electrons. The van der Waals surface area contributed by atoms with E-state index in [4.69, 9.17) is 0 Å². The molecule has 2 heterocycles. The van der Waals surface area contributed by atoms with Gasteiger partial charge in [-0.3, -0.25) is 9.59 Å². The average Bonchev–Trinajstić information content (AvgIpc) is 3.02. The monoisotopic (exact) mass is 283 g/mol. The normalized spacial score (nSPS) is 18.5. The van der Waals surface area contributed by atoms with Gasteiger partial charge in [-0.2, -0.15) is 0 Å². The van der Waals surface area contributed by atoms with E-state index in [1.165, 1.54) is 30.5 Å². The van der Waals surface area contributed by atoms with Crippen LogP contribution in [0.25, 0.3) is 0 Å². The summed E-state index contributed by atoms with van der Waals surface area (Å²) in [4.78, 5) is 36.4. The first kappa shape index (κ1) is 13.5. The van der Waals surface area contributed by atoms with E-state index >= 15 is 0 Å². The molecule has 1 unspecified atom stereocenters. The first-order valence-electron chi connectivity index (χ1n) is 5.62. The van der Waals surface area contributed by atoms with Gasteiger partial charge >= 0.3 is 11.9 Å². The zero-order valence-corrected chi connectivity index (χ0v) is 11.4. The highest BCUT2D eigenvalue weighted by atomic mass is 32.1. The van der Waals surface area contributed by atoms with Crippen molar-refractivity contribution in [1.82, 2.24) is 0 Å². The van der Waals surface area contributed by atoms with Gasteiger partial charge in [0.25, 0.3) is 0 Å². The standard InChI is InChI=1S/C12H13NO5S/c1-17-11(15)7-5-9(14)13(6-7)10-8(3-4-19-10)12(16)18-2/h3-4,7H,5-6H2,1-2H3. The van der Waals surface area contributed by atoms with Gasteiger partial charge in [0.2, 0.25) is 5.91 Å². The van der Waals surface area contributed by atoms with E-state index in [2.05, 4.69) is 9.47 Å². The highest BCUT2D eigenvalue weighted by Gasteiger charge is 2.37. The van der Waals surface area contributed by atoms with Crippen LogP contribution in [0.1, 0.15) is 16.8 Å². The molecule has 0 aliphatic carbocycles. The maximum absolute atomic E-state index is 11.9. The van der Waals surface area contributed by atoms with Gasteiger partial charge in [0.1, 0.15) is 5.00 Å². The second-order valence-electron chi connectivity index (χ2n) is 4.06. The molecule has 6 nitrogen and oxygen atoms in total. The molecule has 1 aliphatic heterocycles. The van der Waals surface area contributed by atoms with Crippen LogP contribution in [-0.2, 0) is 19.1 Å². The van der Waals surface area contributed by atoms with Crippen LogP contribution in [0.5, 0.6) is 0 Å². The summed E-state index contributed by atoms with van der Waals surface area (Å²) in [7, 11) is 2.58. The Hall–Kier alpha value is -1.89. The Kier molecular flexibility index (Phi) is 3.84. The molecular formula is C12H13NO5S. The fourth-order valence-electron chi connectivity index (χ4n) is 2.00. The van der Waals surface area contributed by atoms with E-state index < -0.39 is 17.9 Å².